The van der Waals surface area contributed by atoms with Gasteiger partial charge in [0.05, 0.1) is 5.69 Å². The topological polar surface area (TPSA) is 78.8 Å². The van der Waals surface area contributed by atoms with E-state index in [0.29, 0.717) is 12.1 Å². The number of phenolic OH excluding ortho intramolecular Hbond substituents is 1. The Morgan fingerprint density at radius 2 is 1.74 bits per heavy atom. The van der Waals surface area contributed by atoms with Crippen molar-refractivity contribution in [3.8, 4) is 5.75 Å². The zero-order chi connectivity index (χ0) is 19.2. The Hall–Kier alpha value is -3.05. The van der Waals surface area contributed by atoms with E-state index in [1.54, 1.807) is 24.3 Å². The van der Waals surface area contributed by atoms with E-state index in [4.69, 9.17) is 4.74 Å². The van der Waals surface area contributed by atoms with Crippen LogP contribution in [0.2, 0.25) is 0 Å². The van der Waals surface area contributed by atoms with Gasteiger partial charge in [-0.15, -0.1) is 0 Å². The summed E-state index contributed by atoms with van der Waals surface area (Å²) >= 11 is 0. The summed E-state index contributed by atoms with van der Waals surface area (Å²) in [6.07, 6.45) is -0.602. The Balaban J connectivity index is 1.80. The Morgan fingerprint density at radius 3 is 2.48 bits per heavy atom. The van der Waals surface area contributed by atoms with Crippen LogP contribution in [0.25, 0.3) is 10.8 Å². The number of aliphatic hydroxyl groups excluding tert-OH is 1. The lowest BCUT2D eigenvalue weighted by Crippen LogP contribution is -2.22. The van der Waals surface area contributed by atoms with Crippen LogP contribution in [-0.2, 0) is 4.74 Å². The predicted octanol–water partition coefficient (Wildman–Crippen LogP) is 4.85. The summed E-state index contributed by atoms with van der Waals surface area (Å²) < 4.78 is 5.70. The van der Waals surface area contributed by atoms with E-state index < -0.39 is 12.2 Å². The van der Waals surface area contributed by atoms with Crippen molar-refractivity contribution in [2.75, 3.05) is 11.9 Å². The number of aromatic hydroxyl groups is 1. The van der Waals surface area contributed by atoms with E-state index in [2.05, 4.69) is 5.32 Å². The highest BCUT2D eigenvalue weighted by Gasteiger charge is 2.23. The second-order valence-electron chi connectivity index (χ2n) is 6.56. The summed E-state index contributed by atoms with van der Waals surface area (Å²) in [5.41, 5.74) is 1.44. The Bertz CT molecular complexity index is 902. The van der Waals surface area contributed by atoms with Gasteiger partial charge in [-0.05, 0) is 41.5 Å². The van der Waals surface area contributed by atoms with E-state index in [1.807, 2.05) is 49.4 Å². The molecule has 0 spiro atoms. The van der Waals surface area contributed by atoms with Crippen LogP contribution in [0, 0.1) is 5.92 Å². The standard InChI is InChI=1S/C22H23NO4/c1-15(13-14-24)21(17-9-11-18(25)12-10-17)27-22(26)23-20-8-4-6-16-5-2-3-7-19(16)20/h2-12,15,21,24-25H,13-14H2,1H3,(H,23,26)/t15-,21-/m0/s1. The third kappa shape index (κ3) is 4.57. The number of hydrogen-bond donors (Lipinski definition) is 3. The van der Waals surface area contributed by atoms with E-state index >= 15 is 0 Å². The molecule has 0 heterocycles. The van der Waals surface area contributed by atoms with Crippen LogP contribution in [-0.4, -0.2) is 22.9 Å². The molecule has 0 bridgehead atoms. The molecule has 3 N–H and O–H groups in total. The molecular formula is C22H23NO4. The fraction of sp³-hybridized carbons (Fsp3) is 0.227. The first-order valence-corrected chi connectivity index (χ1v) is 8.93. The Kier molecular flexibility index (Phi) is 5.94. The number of ether oxygens (including phenoxy) is 1. The average Bonchev–Trinajstić information content (AvgIpc) is 2.67. The predicted molar refractivity (Wildman–Crippen MR) is 106 cm³/mol. The summed E-state index contributed by atoms with van der Waals surface area (Å²) in [5, 5.41) is 23.5. The summed E-state index contributed by atoms with van der Waals surface area (Å²) in [6.45, 7) is 1.92. The van der Waals surface area contributed by atoms with Gasteiger partial charge in [-0.3, -0.25) is 5.32 Å². The molecule has 3 aromatic carbocycles. The molecule has 140 valence electrons. The lowest BCUT2D eigenvalue weighted by molar-refractivity contribution is 0.0667. The molecule has 1 amide bonds. The van der Waals surface area contributed by atoms with Gasteiger partial charge in [-0.25, -0.2) is 4.79 Å². The number of anilines is 1. The normalized spacial score (nSPS) is 13.1. The maximum Gasteiger partial charge on any atom is 0.412 e. The van der Waals surface area contributed by atoms with E-state index in [1.165, 1.54) is 0 Å². The molecule has 0 unspecified atom stereocenters. The molecule has 3 rings (SSSR count). The zero-order valence-electron chi connectivity index (χ0n) is 15.1. The van der Waals surface area contributed by atoms with Gasteiger partial charge in [0.1, 0.15) is 11.9 Å². The molecule has 0 saturated heterocycles. The first kappa shape index (κ1) is 18.7. The molecule has 0 radical (unpaired) electrons. The van der Waals surface area contributed by atoms with Crippen LogP contribution in [0.1, 0.15) is 25.0 Å². The first-order chi connectivity index (χ1) is 13.1. The van der Waals surface area contributed by atoms with Crippen molar-refractivity contribution in [1.29, 1.82) is 0 Å². The number of rotatable bonds is 6. The molecule has 0 fully saturated rings. The number of benzene rings is 3. The van der Waals surface area contributed by atoms with Crippen molar-refractivity contribution in [3.63, 3.8) is 0 Å². The van der Waals surface area contributed by atoms with E-state index in [0.717, 1.165) is 16.3 Å². The lowest BCUT2D eigenvalue weighted by Gasteiger charge is -2.24. The number of aliphatic hydroxyl groups is 1. The fourth-order valence-electron chi connectivity index (χ4n) is 3.12. The Morgan fingerprint density at radius 1 is 1.04 bits per heavy atom. The maximum absolute atomic E-state index is 12.6. The largest absolute Gasteiger partial charge is 0.508 e. The van der Waals surface area contributed by atoms with Crippen LogP contribution in [0.3, 0.4) is 0 Å². The van der Waals surface area contributed by atoms with Crippen LogP contribution in [0.15, 0.2) is 66.7 Å². The summed E-state index contributed by atoms with van der Waals surface area (Å²) in [6, 6.07) is 20.0. The van der Waals surface area contributed by atoms with Gasteiger partial charge in [-0.2, -0.15) is 0 Å². The molecule has 0 aromatic heterocycles. The van der Waals surface area contributed by atoms with Crippen LogP contribution in [0.5, 0.6) is 5.75 Å². The molecular weight excluding hydrogens is 342 g/mol. The second kappa shape index (κ2) is 8.56. The van der Waals surface area contributed by atoms with Crippen molar-refractivity contribution in [1.82, 2.24) is 0 Å². The molecule has 27 heavy (non-hydrogen) atoms. The molecule has 2 atom stereocenters. The molecule has 0 aliphatic rings. The third-order valence-electron chi connectivity index (χ3n) is 4.58. The van der Waals surface area contributed by atoms with E-state index in [9.17, 15) is 15.0 Å². The van der Waals surface area contributed by atoms with Crippen LogP contribution >= 0.6 is 0 Å². The zero-order valence-corrected chi connectivity index (χ0v) is 15.1. The molecule has 0 saturated carbocycles. The molecule has 0 aliphatic heterocycles. The quantitative estimate of drug-likeness (QED) is 0.583. The highest BCUT2D eigenvalue weighted by molar-refractivity contribution is 6.00. The number of carbonyl (C=O) groups is 1. The van der Waals surface area contributed by atoms with E-state index in [-0.39, 0.29) is 18.3 Å². The SMILES string of the molecule is C[C@@H](CCO)[C@H](OC(=O)Nc1cccc2ccccc12)c1ccc(O)cc1. The van der Waals surface area contributed by atoms with Gasteiger partial charge in [0.15, 0.2) is 0 Å². The summed E-state index contributed by atoms with van der Waals surface area (Å²) in [5.74, 6) is 0.0605. The highest BCUT2D eigenvalue weighted by Crippen LogP contribution is 2.30. The molecule has 5 heteroatoms. The molecule has 3 aromatic rings. The van der Waals surface area contributed by atoms with Gasteiger partial charge in [-0.1, -0.05) is 55.5 Å². The minimum atomic E-state index is -0.561. The van der Waals surface area contributed by atoms with Crippen molar-refractivity contribution < 1.29 is 19.7 Å². The Labute approximate surface area is 158 Å². The lowest BCUT2D eigenvalue weighted by atomic mass is 9.94. The highest BCUT2D eigenvalue weighted by atomic mass is 16.6. The van der Waals surface area contributed by atoms with Crippen molar-refractivity contribution in [2.45, 2.75) is 19.4 Å². The first-order valence-electron chi connectivity index (χ1n) is 8.93. The molecule has 0 aliphatic carbocycles. The monoisotopic (exact) mass is 365 g/mol. The number of amides is 1. The average molecular weight is 365 g/mol. The number of hydrogen-bond acceptors (Lipinski definition) is 4. The number of carbonyl (C=O) groups excluding carboxylic acids is 1. The van der Waals surface area contributed by atoms with Gasteiger partial charge in [0.2, 0.25) is 0 Å². The van der Waals surface area contributed by atoms with Crippen molar-refractivity contribution >= 4 is 22.6 Å². The number of phenols is 1. The minimum Gasteiger partial charge on any atom is -0.508 e. The van der Waals surface area contributed by atoms with Crippen molar-refractivity contribution in [3.05, 3.63) is 72.3 Å². The number of nitrogens with one attached hydrogen (secondary N) is 1. The van der Waals surface area contributed by atoms with Gasteiger partial charge in [0, 0.05) is 12.0 Å². The molecule has 5 nitrogen and oxygen atoms in total. The van der Waals surface area contributed by atoms with Crippen LogP contribution < -0.4 is 5.32 Å². The fourth-order valence-corrected chi connectivity index (χ4v) is 3.12. The van der Waals surface area contributed by atoms with Crippen LogP contribution in [0.4, 0.5) is 10.5 Å². The van der Waals surface area contributed by atoms with Gasteiger partial charge >= 0.3 is 6.09 Å². The third-order valence-corrected chi connectivity index (χ3v) is 4.58. The van der Waals surface area contributed by atoms with Gasteiger partial charge in [0.25, 0.3) is 0 Å². The smallest absolute Gasteiger partial charge is 0.412 e. The summed E-state index contributed by atoms with van der Waals surface area (Å²) in [7, 11) is 0. The summed E-state index contributed by atoms with van der Waals surface area (Å²) in [4.78, 5) is 12.6. The maximum atomic E-state index is 12.6. The number of fused-ring (bicyclic) bond motifs is 1. The van der Waals surface area contributed by atoms with Gasteiger partial charge < -0.3 is 14.9 Å². The van der Waals surface area contributed by atoms with Crippen molar-refractivity contribution in [2.24, 2.45) is 5.92 Å². The second-order valence-corrected chi connectivity index (χ2v) is 6.56. The minimum absolute atomic E-state index is 0.00402.